The van der Waals surface area contributed by atoms with E-state index in [2.05, 4.69) is 21.2 Å². The first-order chi connectivity index (χ1) is 7.66. The highest BCUT2D eigenvalue weighted by molar-refractivity contribution is 9.11. The Morgan fingerprint density at radius 3 is 3.00 bits per heavy atom. The summed E-state index contributed by atoms with van der Waals surface area (Å²) >= 11 is 4.98. The van der Waals surface area contributed by atoms with Gasteiger partial charge in [0.2, 0.25) is 0 Å². The van der Waals surface area contributed by atoms with Crippen molar-refractivity contribution in [3.8, 4) is 0 Å². The molecule has 0 bridgehead atoms. The summed E-state index contributed by atoms with van der Waals surface area (Å²) in [6, 6.07) is 3.76. The Morgan fingerprint density at radius 2 is 2.44 bits per heavy atom. The van der Waals surface area contributed by atoms with Gasteiger partial charge >= 0.3 is 0 Å². The van der Waals surface area contributed by atoms with E-state index in [1.165, 1.54) is 6.26 Å². The minimum atomic E-state index is -0.176. The van der Waals surface area contributed by atoms with E-state index in [0.717, 1.165) is 14.9 Å². The Bertz CT molecular complexity index is 504. The summed E-state index contributed by atoms with van der Waals surface area (Å²) in [5.41, 5.74) is 1.93. The number of aryl methyl sites for hydroxylation is 1. The summed E-state index contributed by atoms with van der Waals surface area (Å²) in [7, 11) is 0. The Kier molecular flexibility index (Phi) is 3.46. The molecule has 0 saturated carbocycles. The average Bonchev–Trinajstić information content (AvgIpc) is 2.84. The molecule has 0 aliphatic rings. The second-order valence-corrected chi connectivity index (χ2v) is 5.66. The van der Waals surface area contributed by atoms with Gasteiger partial charge in [0, 0.05) is 12.1 Å². The molecule has 16 heavy (non-hydrogen) atoms. The number of amides is 1. The zero-order valence-electron chi connectivity index (χ0n) is 8.62. The quantitative estimate of drug-likeness (QED) is 0.944. The number of carbonyl (C=O) groups is 1. The van der Waals surface area contributed by atoms with Crippen molar-refractivity contribution in [1.29, 1.82) is 0 Å². The van der Waals surface area contributed by atoms with Crippen molar-refractivity contribution < 1.29 is 9.21 Å². The first-order valence-electron chi connectivity index (χ1n) is 4.72. The van der Waals surface area contributed by atoms with Crippen LogP contribution < -0.4 is 5.32 Å². The van der Waals surface area contributed by atoms with Crippen molar-refractivity contribution in [2.24, 2.45) is 0 Å². The van der Waals surface area contributed by atoms with Crippen LogP contribution in [0.15, 0.2) is 32.0 Å². The van der Waals surface area contributed by atoms with Crippen LogP contribution in [0.1, 0.15) is 21.7 Å². The monoisotopic (exact) mass is 299 g/mol. The molecule has 0 aliphatic heterocycles. The molecule has 2 heterocycles. The van der Waals surface area contributed by atoms with E-state index in [0.29, 0.717) is 12.3 Å². The third kappa shape index (κ3) is 2.54. The highest BCUT2D eigenvalue weighted by Gasteiger charge is 2.11. The van der Waals surface area contributed by atoms with Crippen LogP contribution >= 0.6 is 27.3 Å². The molecule has 1 N–H and O–H groups in total. The molecule has 1 amide bonds. The molecule has 84 valence electrons. The number of hydrogen-bond acceptors (Lipinski definition) is 3. The molecule has 0 aromatic carbocycles. The van der Waals surface area contributed by atoms with Crippen molar-refractivity contribution in [1.82, 2.24) is 5.32 Å². The third-order valence-corrected chi connectivity index (χ3v) is 3.70. The second kappa shape index (κ2) is 4.84. The van der Waals surface area contributed by atoms with Gasteiger partial charge in [0.1, 0.15) is 0 Å². The fourth-order valence-corrected chi connectivity index (χ4v) is 2.52. The minimum Gasteiger partial charge on any atom is -0.459 e. The summed E-state index contributed by atoms with van der Waals surface area (Å²) < 4.78 is 6.16. The maximum atomic E-state index is 11.7. The summed E-state index contributed by atoms with van der Waals surface area (Å²) in [6.45, 7) is 2.36. The van der Waals surface area contributed by atoms with Gasteiger partial charge in [-0.3, -0.25) is 4.79 Å². The highest BCUT2D eigenvalue weighted by atomic mass is 79.9. The van der Waals surface area contributed by atoms with Gasteiger partial charge in [0.15, 0.2) is 5.76 Å². The van der Waals surface area contributed by atoms with Crippen LogP contribution in [0.5, 0.6) is 0 Å². The van der Waals surface area contributed by atoms with E-state index in [9.17, 15) is 4.79 Å². The normalized spacial score (nSPS) is 10.4. The van der Waals surface area contributed by atoms with Gasteiger partial charge in [0.25, 0.3) is 5.91 Å². The molecule has 2 rings (SSSR count). The number of nitrogens with one attached hydrogen (secondary N) is 1. The Labute approximate surface area is 106 Å². The number of furan rings is 1. The van der Waals surface area contributed by atoms with Crippen LogP contribution in [0.2, 0.25) is 0 Å². The Hall–Kier alpha value is -1.07. The molecule has 0 spiro atoms. The van der Waals surface area contributed by atoms with E-state index < -0.39 is 0 Å². The van der Waals surface area contributed by atoms with E-state index in [1.54, 1.807) is 17.4 Å². The molecule has 0 unspecified atom stereocenters. The van der Waals surface area contributed by atoms with E-state index in [4.69, 9.17) is 4.42 Å². The van der Waals surface area contributed by atoms with Crippen molar-refractivity contribution >= 4 is 33.2 Å². The van der Waals surface area contributed by atoms with Crippen molar-refractivity contribution in [2.45, 2.75) is 13.5 Å². The number of hydrogen-bond donors (Lipinski definition) is 1. The zero-order chi connectivity index (χ0) is 11.5. The van der Waals surface area contributed by atoms with Crippen LogP contribution in [0, 0.1) is 6.92 Å². The van der Waals surface area contributed by atoms with Crippen LogP contribution in [-0.2, 0) is 6.54 Å². The minimum absolute atomic E-state index is 0.176. The predicted octanol–water partition coefficient (Wildman–Crippen LogP) is 3.34. The van der Waals surface area contributed by atoms with Gasteiger partial charge in [-0.15, -0.1) is 11.3 Å². The number of rotatable bonds is 3. The lowest BCUT2D eigenvalue weighted by Crippen LogP contribution is -2.22. The van der Waals surface area contributed by atoms with Crippen LogP contribution in [0.4, 0.5) is 0 Å². The van der Waals surface area contributed by atoms with Crippen LogP contribution in [0.25, 0.3) is 0 Å². The van der Waals surface area contributed by atoms with E-state index >= 15 is 0 Å². The molecule has 0 aliphatic carbocycles. The van der Waals surface area contributed by atoms with E-state index in [1.807, 2.05) is 18.4 Å². The first-order valence-corrected chi connectivity index (χ1v) is 6.39. The molecule has 0 radical (unpaired) electrons. The van der Waals surface area contributed by atoms with Gasteiger partial charge in [-0.1, -0.05) is 0 Å². The van der Waals surface area contributed by atoms with Gasteiger partial charge in [-0.25, -0.2) is 0 Å². The standard InChI is InChI=1S/C11H10BrNO2S/c1-7-2-3-15-10(7)11(14)13-5-8-4-9(12)16-6-8/h2-4,6H,5H2,1H3,(H,13,14). The Morgan fingerprint density at radius 1 is 1.62 bits per heavy atom. The highest BCUT2D eigenvalue weighted by Crippen LogP contribution is 2.20. The van der Waals surface area contributed by atoms with Crippen molar-refractivity contribution in [2.75, 3.05) is 0 Å². The second-order valence-electron chi connectivity index (χ2n) is 3.37. The zero-order valence-corrected chi connectivity index (χ0v) is 11.0. The van der Waals surface area contributed by atoms with Crippen LogP contribution in [-0.4, -0.2) is 5.91 Å². The SMILES string of the molecule is Cc1ccoc1C(=O)NCc1csc(Br)c1. The van der Waals surface area contributed by atoms with Gasteiger partial charge in [-0.05, 0) is 45.9 Å². The van der Waals surface area contributed by atoms with Gasteiger partial charge < -0.3 is 9.73 Å². The number of halogens is 1. The van der Waals surface area contributed by atoms with E-state index in [-0.39, 0.29) is 5.91 Å². The Balaban J connectivity index is 1.96. The first kappa shape index (κ1) is 11.4. The van der Waals surface area contributed by atoms with Crippen molar-refractivity contribution in [3.63, 3.8) is 0 Å². The summed E-state index contributed by atoms with van der Waals surface area (Å²) in [4.78, 5) is 11.7. The predicted molar refractivity (Wildman–Crippen MR) is 66.6 cm³/mol. The van der Waals surface area contributed by atoms with Crippen molar-refractivity contribution in [3.05, 3.63) is 44.4 Å². The lowest BCUT2D eigenvalue weighted by atomic mass is 10.2. The molecule has 2 aromatic heterocycles. The smallest absolute Gasteiger partial charge is 0.287 e. The summed E-state index contributed by atoms with van der Waals surface area (Å²) in [6.07, 6.45) is 1.52. The van der Waals surface area contributed by atoms with Crippen LogP contribution in [0.3, 0.4) is 0 Å². The molecular weight excluding hydrogens is 290 g/mol. The molecule has 0 saturated heterocycles. The average molecular weight is 300 g/mol. The molecule has 0 fully saturated rings. The molecule has 5 heteroatoms. The fourth-order valence-electron chi connectivity index (χ4n) is 1.31. The van der Waals surface area contributed by atoms with Gasteiger partial charge in [0.05, 0.1) is 10.0 Å². The molecule has 0 atom stereocenters. The number of thiophene rings is 1. The number of carbonyl (C=O) groups excluding carboxylic acids is 1. The maximum Gasteiger partial charge on any atom is 0.287 e. The summed E-state index contributed by atoms with van der Waals surface area (Å²) in [5.74, 6) is 0.208. The van der Waals surface area contributed by atoms with Gasteiger partial charge in [-0.2, -0.15) is 0 Å². The fraction of sp³-hybridized carbons (Fsp3) is 0.182. The topological polar surface area (TPSA) is 42.2 Å². The largest absolute Gasteiger partial charge is 0.459 e. The maximum absolute atomic E-state index is 11.7. The molecule has 2 aromatic rings. The lowest BCUT2D eigenvalue weighted by Gasteiger charge is -2.01. The third-order valence-electron chi connectivity index (χ3n) is 2.14. The molecular formula is C11H10BrNO2S. The summed E-state index contributed by atoms with van der Waals surface area (Å²) in [5, 5.41) is 4.81. The molecule has 3 nitrogen and oxygen atoms in total. The lowest BCUT2D eigenvalue weighted by molar-refractivity contribution is 0.0922.